The fourth-order valence-electron chi connectivity index (χ4n) is 2.08. The molecule has 0 aliphatic carbocycles. The lowest BCUT2D eigenvalue weighted by molar-refractivity contribution is 0.168. The second-order valence-corrected chi connectivity index (χ2v) is 5.34. The number of carbonyl (C=O) groups excluding carboxylic acids is 1. The Labute approximate surface area is 140 Å². The van der Waals surface area contributed by atoms with Crippen LogP contribution in [0.25, 0.3) is 0 Å². The molecular formula is C18H21FN2O3. The average molecular weight is 332 g/mol. The monoisotopic (exact) mass is 332 g/mol. The molecule has 0 heterocycles. The number of ether oxygens (including phenoxy) is 1. The van der Waals surface area contributed by atoms with E-state index in [1.807, 2.05) is 31.2 Å². The van der Waals surface area contributed by atoms with Crippen LogP contribution in [0.5, 0.6) is 5.75 Å². The molecule has 1 atom stereocenters. The largest absolute Gasteiger partial charge is 0.492 e. The third-order valence-electron chi connectivity index (χ3n) is 3.40. The molecular weight excluding hydrogens is 311 g/mol. The number of urea groups is 1. The molecule has 2 amide bonds. The van der Waals surface area contributed by atoms with Crippen LogP contribution in [0.4, 0.5) is 9.18 Å². The van der Waals surface area contributed by atoms with Gasteiger partial charge in [-0.3, -0.25) is 0 Å². The molecule has 24 heavy (non-hydrogen) atoms. The average Bonchev–Trinajstić information content (AvgIpc) is 2.58. The van der Waals surface area contributed by atoms with E-state index in [4.69, 9.17) is 4.74 Å². The van der Waals surface area contributed by atoms with Crippen molar-refractivity contribution in [1.29, 1.82) is 0 Å². The summed E-state index contributed by atoms with van der Waals surface area (Å²) < 4.78 is 19.0. The van der Waals surface area contributed by atoms with E-state index in [0.717, 1.165) is 11.3 Å². The van der Waals surface area contributed by atoms with E-state index in [9.17, 15) is 14.3 Å². The van der Waals surface area contributed by atoms with Crippen molar-refractivity contribution >= 4 is 6.03 Å². The van der Waals surface area contributed by atoms with Gasteiger partial charge in [-0.25, -0.2) is 9.18 Å². The highest BCUT2D eigenvalue weighted by Gasteiger charge is 2.13. The van der Waals surface area contributed by atoms with Gasteiger partial charge in [0, 0.05) is 12.1 Å². The lowest BCUT2D eigenvalue weighted by atomic mass is 10.1. The molecule has 0 aliphatic heterocycles. The molecule has 0 spiro atoms. The second kappa shape index (κ2) is 8.88. The van der Waals surface area contributed by atoms with Gasteiger partial charge in [0.2, 0.25) is 0 Å². The summed E-state index contributed by atoms with van der Waals surface area (Å²) in [6.07, 6.45) is -1.10. The summed E-state index contributed by atoms with van der Waals surface area (Å²) in [5, 5.41) is 15.0. The minimum Gasteiger partial charge on any atom is -0.492 e. The van der Waals surface area contributed by atoms with Gasteiger partial charge in [0.15, 0.2) is 0 Å². The van der Waals surface area contributed by atoms with Crippen LogP contribution in [0, 0.1) is 12.7 Å². The topological polar surface area (TPSA) is 70.6 Å². The Morgan fingerprint density at radius 2 is 1.88 bits per heavy atom. The SMILES string of the molecule is Cc1ccc(OCCNC(=O)NCC(O)c2ccccc2F)cc1. The molecule has 0 bridgehead atoms. The number of benzene rings is 2. The Hall–Kier alpha value is -2.60. The summed E-state index contributed by atoms with van der Waals surface area (Å²) >= 11 is 0. The van der Waals surface area contributed by atoms with Gasteiger partial charge < -0.3 is 20.5 Å². The Morgan fingerprint density at radius 3 is 2.58 bits per heavy atom. The Bertz CT molecular complexity index is 662. The number of halogens is 1. The van der Waals surface area contributed by atoms with E-state index in [0.29, 0.717) is 13.2 Å². The first-order valence-electron chi connectivity index (χ1n) is 7.70. The third kappa shape index (κ3) is 5.55. The first-order valence-corrected chi connectivity index (χ1v) is 7.70. The number of aliphatic hydroxyl groups excluding tert-OH is 1. The second-order valence-electron chi connectivity index (χ2n) is 5.34. The van der Waals surface area contributed by atoms with Gasteiger partial charge in [-0.1, -0.05) is 35.9 Å². The van der Waals surface area contributed by atoms with Gasteiger partial charge in [-0.15, -0.1) is 0 Å². The smallest absolute Gasteiger partial charge is 0.315 e. The molecule has 2 aromatic carbocycles. The van der Waals surface area contributed by atoms with Crippen LogP contribution in [0.3, 0.4) is 0 Å². The molecule has 2 rings (SSSR count). The van der Waals surface area contributed by atoms with Crippen LogP contribution >= 0.6 is 0 Å². The van der Waals surface area contributed by atoms with Crippen molar-refractivity contribution in [2.24, 2.45) is 0 Å². The molecule has 6 heteroatoms. The van der Waals surface area contributed by atoms with Crippen LogP contribution in [0.15, 0.2) is 48.5 Å². The maximum atomic E-state index is 13.5. The first kappa shape index (κ1) is 17.7. The molecule has 0 aliphatic rings. The normalized spacial score (nSPS) is 11.6. The zero-order valence-corrected chi connectivity index (χ0v) is 13.5. The van der Waals surface area contributed by atoms with Crippen molar-refractivity contribution in [2.75, 3.05) is 19.7 Å². The van der Waals surface area contributed by atoms with E-state index in [2.05, 4.69) is 10.6 Å². The molecule has 5 nitrogen and oxygen atoms in total. The van der Waals surface area contributed by atoms with Gasteiger partial charge in [-0.2, -0.15) is 0 Å². The molecule has 1 unspecified atom stereocenters. The van der Waals surface area contributed by atoms with E-state index in [1.54, 1.807) is 12.1 Å². The summed E-state index contributed by atoms with van der Waals surface area (Å²) in [6, 6.07) is 13.1. The van der Waals surface area contributed by atoms with Crippen molar-refractivity contribution < 1.29 is 19.0 Å². The molecule has 0 aromatic heterocycles. The summed E-state index contributed by atoms with van der Waals surface area (Å²) in [4.78, 5) is 11.6. The Kier molecular flexibility index (Phi) is 6.57. The van der Waals surface area contributed by atoms with Crippen molar-refractivity contribution in [2.45, 2.75) is 13.0 Å². The maximum Gasteiger partial charge on any atom is 0.315 e. The summed E-state index contributed by atoms with van der Waals surface area (Å²) in [7, 11) is 0. The van der Waals surface area contributed by atoms with E-state index in [-0.39, 0.29) is 12.1 Å². The fourth-order valence-corrected chi connectivity index (χ4v) is 2.08. The van der Waals surface area contributed by atoms with Crippen LogP contribution in [-0.2, 0) is 0 Å². The Morgan fingerprint density at radius 1 is 1.17 bits per heavy atom. The number of aliphatic hydroxyl groups is 1. The molecule has 0 radical (unpaired) electrons. The van der Waals surface area contributed by atoms with Gasteiger partial charge >= 0.3 is 6.03 Å². The van der Waals surface area contributed by atoms with Crippen LogP contribution < -0.4 is 15.4 Å². The van der Waals surface area contributed by atoms with Crippen molar-refractivity contribution in [3.05, 3.63) is 65.5 Å². The van der Waals surface area contributed by atoms with Gasteiger partial charge in [0.05, 0.1) is 12.6 Å². The minimum absolute atomic E-state index is 0.0778. The maximum absolute atomic E-state index is 13.5. The number of rotatable bonds is 7. The number of nitrogens with one attached hydrogen (secondary N) is 2. The molecule has 0 saturated carbocycles. The van der Waals surface area contributed by atoms with Crippen LogP contribution in [-0.4, -0.2) is 30.8 Å². The molecule has 2 aromatic rings. The van der Waals surface area contributed by atoms with E-state index < -0.39 is 18.0 Å². The van der Waals surface area contributed by atoms with Gasteiger partial charge in [0.25, 0.3) is 0 Å². The molecule has 0 saturated heterocycles. The lowest BCUT2D eigenvalue weighted by Crippen LogP contribution is -2.39. The third-order valence-corrected chi connectivity index (χ3v) is 3.40. The van der Waals surface area contributed by atoms with Crippen molar-refractivity contribution in [3.8, 4) is 5.75 Å². The highest BCUT2D eigenvalue weighted by Crippen LogP contribution is 2.15. The van der Waals surface area contributed by atoms with Gasteiger partial charge in [-0.05, 0) is 25.1 Å². The van der Waals surface area contributed by atoms with Crippen LogP contribution in [0.2, 0.25) is 0 Å². The fraction of sp³-hybridized carbons (Fsp3) is 0.278. The Balaban J connectivity index is 1.64. The quantitative estimate of drug-likeness (QED) is 0.683. The predicted octanol–water partition coefficient (Wildman–Crippen LogP) is 2.55. The first-order chi connectivity index (χ1) is 11.6. The number of aryl methyl sites for hydroxylation is 1. The molecule has 0 fully saturated rings. The van der Waals surface area contributed by atoms with Crippen molar-refractivity contribution in [3.63, 3.8) is 0 Å². The van der Waals surface area contributed by atoms with E-state index >= 15 is 0 Å². The van der Waals surface area contributed by atoms with E-state index in [1.165, 1.54) is 12.1 Å². The van der Waals surface area contributed by atoms with Crippen LogP contribution in [0.1, 0.15) is 17.2 Å². The summed E-state index contributed by atoms with van der Waals surface area (Å²) in [5.74, 6) is 0.233. The number of hydrogen-bond donors (Lipinski definition) is 3. The summed E-state index contributed by atoms with van der Waals surface area (Å²) in [6.45, 7) is 2.55. The zero-order chi connectivity index (χ0) is 17.4. The molecule has 3 N–H and O–H groups in total. The highest BCUT2D eigenvalue weighted by molar-refractivity contribution is 5.73. The number of carbonyl (C=O) groups is 1. The minimum atomic E-state index is -1.10. The summed E-state index contributed by atoms with van der Waals surface area (Å²) in [5.41, 5.74) is 1.30. The highest BCUT2D eigenvalue weighted by atomic mass is 19.1. The number of amides is 2. The molecule has 128 valence electrons. The van der Waals surface area contributed by atoms with Gasteiger partial charge in [0.1, 0.15) is 18.2 Å². The number of hydrogen-bond acceptors (Lipinski definition) is 3. The van der Waals surface area contributed by atoms with Crippen molar-refractivity contribution in [1.82, 2.24) is 10.6 Å². The predicted molar refractivity (Wildman–Crippen MR) is 89.4 cm³/mol. The zero-order valence-electron chi connectivity index (χ0n) is 13.5. The lowest BCUT2D eigenvalue weighted by Gasteiger charge is -2.13. The standard InChI is InChI=1S/C18H21FN2O3/c1-13-6-8-14(9-7-13)24-11-10-20-18(23)21-12-17(22)15-4-2-3-5-16(15)19/h2-9,17,22H,10-12H2,1H3,(H2,20,21,23).